The first-order valence-corrected chi connectivity index (χ1v) is 7.80. The largest absolute Gasteiger partial charge is 0.383 e. The molecule has 1 atom stereocenters. The lowest BCUT2D eigenvalue weighted by atomic mass is 9.97. The highest BCUT2D eigenvalue weighted by Crippen LogP contribution is 2.42. The van der Waals surface area contributed by atoms with E-state index in [2.05, 4.69) is 0 Å². The predicted octanol–water partition coefficient (Wildman–Crippen LogP) is 5.39. The van der Waals surface area contributed by atoms with E-state index in [9.17, 15) is 9.50 Å². The summed E-state index contributed by atoms with van der Waals surface area (Å²) in [6, 6.07) is 10.4. The van der Waals surface area contributed by atoms with Crippen LogP contribution in [0.5, 0.6) is 0 Å². The molecule has 0 bridgehead atoms. The zero-order chi connectivity index (χ0) is 15.1. The Morgan fingerprint density at radius 2 is 1.81 bits per heavy atom. The molecular weight excluding hydrogens is 307 g/mol. The van der Waals surface area contributed by atoms with Crippen LogP contribution in [0.15, 0.2) is 36.4 Å². The standard InChI is InChI=1S/C17H14ClFOS/c1-9-4-3-5-10(2)14(9)16(20)17-15(18)12-7-6-11(19)8-13(12)21-17/h3-8,16,20H,1-2H3. The fraction of sp³-hybridized carbons (Fsp3) is 0.176. The molecule has 1 unspecified atom stereocenters. The number of halogens is 2. The molecule has 0 aliphatic carbocycles. The van der Waals surface area contributed by atoms with Crippen LogP contribution in [0.3, 0.4) is 0 Å². The Balaban J connectivity index is 2.18. The van der Waals surface area contributed by atoms with Gasteiger partial charge in [0.2, 0.25) is 0 Å². The Bertz CT molecular complexity index is 805. The van der Waals surface area contributed by atoms with Crippen LogP contribution < -0.4 is 0 Å². The summed E-state index contributed by atoms with van der Waals surface area (Å²) in [7, 11) is 0. The highest BCUT2D eigenvalue weighted by Gasteiger charge is 2.22. The predicted molar refractivity (Wildman–Crippen MR) is 86.8 cm³/mol. The molecular formula is C17H14ClFOS. The van der Waals surface area contributed by atoms with Crippen molar-refractivity contribution in [3.05, 3.63) is 68.8 Å². The molecule has 3 aromatic rings. The zero-order valence-corrected chi connectivity index (χ0v) is 13.2. The van der Waals surface area contributed by atoms with E-state index in [1.807, 2.05) is 32.0 Å². The summed E-state index contributed by atoms with van der Waals surface area (Å²) in [6.45, 7) is 3.93. The van der Waals surface area contributed by atoms with Crippen molar-refractivity contribution in [2.75, 3.05) is 0 Å². The maximum atomic E-state index is 13.3. The first-order chi connectivity index (χ1) is 9.99. The molecule has 2 aromatic carbocycles. The summed E-state index contributed by atoms with van der Waals surface area (Å²) in [6.07, 6.45) is -0.792. The van der Waals surface area contributed by atoms with Crippen LogP contribution >= 0.6 is 22.9 Å². The highest BCUT2D eigenvalue weighted by molar-refractivity contribution is 7.19. The van der Waals surface area contributed by atoms with Gasteiger partial charge in [-0.15, -0.1) is 11.3 Å². The average molecular weight is 321 g/mol. The number of benzene rings is 2. The second-order valence-electron chi connectivity index (χ2n) is 5.13. The molecule has 21 heavy (non-hydrogen) atoms. The molecule has 1 heterocycles. The number of aliphatic hydroxyl groups is 1. The van der Waals surface area contributed by atoms with Crippen LogP contribution in [0.1, 0.15) is 27.7 Å². The molecule has 0 aliphatic heterocycles. The second-order valence-corrected chi connectivity index (χ2v) is 6.59. The fourth-order valence-corrected chi connectivity index (χ4v) is 4.18. The van der Waals surface area contributed by atoms with Crippen molar-refractivity contribution >= 4 is 33.0 Å². The quantitative estimate of drug-likeness (QED) is 0.671. The van der Waals surface area contributed by atoms with Crippen molar-refractivity contribution < 1.29 is 9.50 Å². The summed E-state index contributed by atoms with van der Waals surface area (Å²) in [4.78, 5) is 0.662. The molecule has 0 saturated heterocycles. The maximum absolute atomic E-state index is 13.3. The van der Waals surface area contributed by atoms with Crippen LogP contribution in [0.2, 0.25) is 5.02 Å². The van der Waals surface area contributed by atoms with Crippen LogP contribution in [-0.2, 0) is 0 Å². The van der Waals surface area contributed by atoms with Gasteiger partial charge in [0.1, 0.15) is 11.9 Å². The van der Waals surface area contributed by atoms with Crippen LogP contribution in [0.25, 0.3) is 10.1 Å². The number of aryl methyl sites for hydroxylation is 2. The first kappa shape index (κ1) is 14.5. The SMILES string of the molecule is Cc1cccc(C)c1C(O)c1sc2cc(F)ccc2c1Cl. The highest BCUT2D eigenvalue weighted by atomic mass is 35.5. The minimum Gasteiger partial charge on any atom is -0.383 e. The molecule has 1 nitrogen and oxygen atoms in total. The number of hydrogen-bond acceptors (Lipinski definition) is 2. The number of fused-ring (bicyclic) bond motifs is 1. The smallest absolute Gasteiger partial charge is 0.124 e. The summed E-state index contributed by atoms with van der Waals surface area (Å²) in [5.41, 5.74) is 2.90. The lowest BCUT2D eigenvalue weighted by Gasteiger charge is -2.15. The fourth-order valence-electron chi connectivity index (χ4n) is 2.62. The lowest BCUT2D eigenvalue weighted by molar-refractivity contribution is 0.223. The van der Waals surface area contributed by atoms with Crippen LogP contribution in [0.4, 0.5) is 4.39 Å². The van der Waals surface area contributed by atoms with Crippen molar-refractivity contribution in [2.45, 2.75) is 20.0 Å². The van der Waals surface area contributed by atoms with Gasteiger partial charge >= 0.3 is 0 Å². The summed E-state index contributed by atoms with van der Waals surface area (Å²) in [5.74, 6) is -0.298. The van der Waals surface area contributed by atoms with Crippen molar-refractivity contribution in [1.82, 2.24) is 0 Å². The number of thiophene rings is 1. The minimum absolute atomic E-state index is 0.298. The number of aliphatic hydroxyl groups excluding tert-OH is 1. The summed E-state index contributed by atoms with van der Waals surface area (Å²) >= 11 is 7.72. The molecule has 0 aliphatic rings. The normalized spacial score (nSPS) is 12.8. The Morgan fingerprint density at radius 1 is 1.14 bits per heavy atom. The molecule has 0 fully saturated rings. The van der Waals surface area contributed by atoms with Crippen molar-refractivity contribution in [3.8, 4) is 0 Å². The van der Waals surface area contributed by atoms with E-state index in [0.29, 0.717) is 9.90 Å². The Labute approximate surface area is 131 Å². The van der Waals surface area contributed by atoms with Gasteiger partial charge in [-0.2, -0.15) is 0 Å². The Hall–Kier alpha value is -1.42. The average Bonchev–Trinajstić information content (AvgIpc) is 2.75. The first-order valence-electron chi connectivity index (χ1n) is 6.60. The molecule has 108 valence electrons. The van der Waals surface area contributed by atoms with Gasteiger partial charge in [0.25, 0.3) is 0 Å². The molecule has 0 spiro atoms. The van der Waals surface area contributed by atoms with E-state index >= 15 is 0 Å². The van der Waals surface area contributed by atoms with Gasteiger partial charge < -0.3 is 5.11 Å². The molecule has 1 aromatic heterocycles. The van der Waals surface area contributed by atoms with Gasteiger partial charge in [-0.25, -0.2) is 4.39 Å². The van der Waals surface area contributed by atoms with Gasteiger partial charge in [0, 0.05) is 10.1 Å². The molecule has 4 heteroatoms. The monoisotopic (exact) mass is 320 g/mol. The summed E-state index contributed by atoms with van der Waals surface area (Å²) < 4.78 is 14.1. The maximum Gasteiger partial charge on any atom is 0.124 e. The number of hydrogen-bond donors (Lipinski definition) is 1. The van der Waals surface area contributed by atoms with Gasteiger partial charge in [-0.3, -0.25) is 0 Å². The van der Waals surface area contributed by atoms with Crippen molar-refractivity contribution in [1.29, 1.82) is 0 Å². The molecule has 3 rings (SSSR count). The Kier molecular flexibility index (Phi) is 3.74. The third-order valence-corrected chi connectivity index (χ3v) is 5.40. The van der Waals surface area contributed by atoms with Crippen molar-refractivity contribution in [2.24, 2.45) is 0 Å². The number of rotatable bonds is 2. The lowest BCUT2D eigenvalue weighted by Crippen LogP contribution is -2.03. The molecule has 1 N–H and O–H groups in total. The second kappa shape index (κ2) is 5.41. The summed E-state index contributed by atoms with van der Waals surface area (Å²) in [5, 5.41) is 12.0. The minimum atomic E-state index is -0.792. The zero-order valence-electron chi connectivity index (χ0n) is 11.7. The van der Waals surface area contributed by atoms with E-state index in [4.69, 9.17) is 11.6 Å². The van der Waals surface area contributed by atoms with E-state index < -0.39 is 6.10 Å². The third-order valence-electron chi connectivity index (χ3n) is 3.68. The van der Waals surface area contributed by atoms with Gasteiger partial charge in [-0.1, -0.05) is 29.8 Å². The van der Waals surface area contributed by atoms with Gasteiger partial charge in [-0.05, 0) is 48.7 Å². The van der Waals surface area contributed by atoms with Crippen LogP contribution in [-0.4, -0.2) is 5.11 Å². The Morgan fingerprint density at radius 3 is 2.48 bits per heavy atom. The third kappa shape index (κ3) is 2.46. The molecule has 0 radical (unpaired) electrons. The van der Waals surface area contributed by atoms with Gasteiger partial charge in [0.05, 0.1) is 9.90 Å². The van der Waals surface area contributed by atoms with Gasteiger partial charge in [0.15, 0.2) is 0 Å². The molecule has 0 amide bonds. The van der Waals surface area contributed by atoms with E-state index in [1.165, 1.54) is 23.5 Å². The van der Waals surface area contributed by atoms with E-state index in [0.717, 1.165) is 26.8 Å². The van der Waals surface area contributed by atoms with E-state index in [-0.39, 0.29) is 5.82 Å². The molecule has 0 saturated carbocycles. The van der Waals surface area contributed by atoms with Crippen LogP contribution in [0, 0.1) is 19.7 Å². The van der Waals surface area contributed by atoms with Crippen molar-refractivity contribution in [3.63, 3.8) is 0 Å². The van der Waals surface area contributed by atoms with E-state index in [1.54, 1.807) is 6.07 Å². The topological polar surface area (TPSA) is 20.2 Å².